The number of carbonyl (C=O) groups excluding carboxylic acids is 1. The number of rotatable bonds is 3. The summed E-state index contributed by atoms with van der Waals surface area (Å²) in [6.45, 7) is 2.04. The molecule has 2 fully saturated rings. The van der Waals surface area contributed by atoms with Crippen LogP contribution in [0.15, 0.2) is 12.2 Å². The van der Waals surface area contributed by atoms with Gasteiger partial charge in [0.25, 0.3) is 0 Å². The number of carbonyl (C=O) groups is 1. The smallest absolute Gasteiger partial charge is 0.243 e. The highest BCUT2D eigenvalue weighted by Gasteiger charge is 2.52. The van der Waals surface area contributed by atoms with Gasteiger partial charge in [0.1, 0.15) is 0 Å². The first-order valence-corrected chi connectivity index (χ1v) is 5.30. The average Bonchev–Trinajstić information content (AvgIpc) is 2.63. The van der Waals surface area contributed by atoms with Crippen molar-refractivity contribution in [1.29, 1.82) is 0 Å². The quantitative estimate of drug-likeness (QED) is 0.658. The predicted molar refractivity (Wildman–Crippen MR) is 52.2 cm³/mol. The van der Waals surface area contributed by atoms with Gasteiger partial charge in [-0.2, -0.15) is 0 Å². The first kappa shape index (κ1) is 8.79. The van der Waals surface area contributed by atoms with E-state index in [-0.39, 0.29) is 5.91 Å². The summed E-state index contributed by atoms with van der Waals surface area (Å²) < 4.78 is 0. The molecule has 2 nitrogen and oxygen atoms in total. The summed E-state index contributed by atoms with van der Waals surface area (Å²) in [6, 6.07) is 0.516. The van der Waals surface area contributed by atoms with Crippen molar-refractivity contribution in [3.63, 3.8) is 0 Å². The number of allylic oxidation sites excluding steroid dienone is 1. The maximum atomic E-state index is 11.3. The van der Waals surface area contributed by atoms with Gasteiger partial charge in [-0.05, 0) is 37.2 Å². The van der Waals surface area contributed by atoms with E-state index in [1.807, 2.05) is 13.0 Å². The highest BCUT2D eigenvalue weighted by molar-refractivity contribution is 5.88. The summed E-state index contributed by atoms with van der Waals surface area (Å²) >= 11 is 0. The number of fused-ring (bicyclic) bond motifs is 1. The maximum Gasteiger partial charge on any atom is 0.243 e. The van der Waals surface area contributed by atoms with E-state index in [0.717, 1.165) is 18.3 Å². The molecule has 1 amide bonds. The van der Waals surface area contributed by atoms with E-state index in [9.17, 15) is 4.79 Å². The van der Waals surface area contributed by atoms with Gasteiger partial charge in [-0.1, -0.05) is 19.4 Å². The molecule has 0 aromatic heterocycles. The van der Waals surface area contributed by atoms with Crippen LogP contribution in [0.2, 0.25) is 0 Å². The molecule has 0 bridgehead atoms. The van der Waals surface area contributed by atoms with Gasteiger partial charge in [-0.3, -0.25) is 4.79 Å². The van der Waals surface area contributed by atoms with Crippen molar-refractivity contribution in [3.05, 3.63) is 12.2 Å². The molecule has 1 N–H and O–H groups in total. The second-order valence-electron chi connectivity index (χ2n) is 4.10. The number of hydrogen-bond donors (Lipinski definition) is 1. The molecule has 2 aliphatic carbocycles. The normalized spacial score (nSPS) is 36.2. The molecule has 13 heavy (non-hydrogen) atoms. The number of amides is 1. The molecule has 0 aromatic carbocycles. The summed E-state index contributed by atoms with van der Waals surface area (Å²) in [4.78, 5) is 11.3. The molecule has 0 radical (unpaired) electrons. The van der Waals surface area contributed by atoms with Crippen LogP contribution in [0.25, 0.3) is 0 Å². The van der Waals surface area contributed by atoms with Crippen LogP contribution < -0.4 is 5.32 Å². The van der Waals surface area contributed by atoms with Gasteiger partial charge < -0.3 is 5.32 Å². The Morgan fingerprint density at radius 3 is 2.77 bits per heavy atom. The van der Waals surface area contributed by atoms with Crippen LogP contribution in [-0.2, 0) is 4.79 Å². The van der Waals surface area contributed by atoms with E-state index in [0.29, 0.717) is 6.04 Å². The lowest BCUT2D eigenvalue weighted by molar-refractivity contribution is -0.116. The average molecular weight is 179 g/mol. The van der Waals surface area contributed by atoms with Crippen LogP contribution in [0.5, 0.6) is 0 Å². The number of hydrogen-bond acceptors (Lipinski definition) is 1. The molecular weight excluding hydrogens is 162 g/mol. The van der Waals surface area contributed by atoms with Crippen LogP contribution in [0, 0.1) is 11.8 Å². The SMILES string of the molecule is CC/C=C/C(=O)NC1C2CCCC21. The minimum atomic E-state index is 0.0984. The fraction of sp³-hybridized carbons (Fsp3) is 0.727. The van der Waals surface area contributed by atoms with Crippen molar-refractivity contribution in [2.45, 2.75) is 38.6 Å². The molecule has 2 rings (SSSR count). The van der Waals surface area contributed by atoms with E-state index in [4.69, 9.17) is 0 Å². The first-order chi connectivity index (χ1) is 6.33. The zero-order valence-corrected chi connectivity index (χ0v) is 8.12. The van der Waals surface area contributed by atoms with Crippen LogP contribution in [0.4, 0.5) is 0 Å². The van der Waals surface area contributed by atoms with Crippen LogP contribution in [-0.4, -0.2) is 11.9 Å². The molecule has 72 valence electrons. The molecule has 2 heteroatoms. The molecule has 0 aromatic rings. The maximum absolute atomic E-state index is 11.3. The Labute approximate surface area is 79.4 Å². The van der Waals surface area contributed by atoms with Crippen molar-refractivity contribution < 1.29 is 4.79 Å². The summed E-state index contributed by atoms with van der Waals surface area (Å²) in [5, 5.41) is 3.06. The summed E-state index contributed by atoms with van der Waals surface area (Å²) in [5.41, 5.74) is 0. The lowest BCUT2D eigenvalue weighted by atomic mass is 10.2. The molecule has 2 aliphatic rings. The Hall–Kier alpha value is -0.790. The third kappa shape index (κ3) is 1.77. The molecule has 0 spiro atoms. The lowest BCUT2D eigenvalue weighted by Crippen LogP contribution is -2.26. The Balaban J connectivity index is 1.74. The Morgan fingerprint density at radius 2 is 2.15 bits per heavy atom. The summed E-state index contributed by atoms with van der Waals surface area (Å²) in [6.07, 6.45) is 8.53. The minimum Gasteiger partial charge on any atom is -0.349 e. The van der Waals surface area contributed by atoms with Gasteiger partial charge in [0.15, 0.2) is 0 Å². The lowest BCUT2D eigenvalue weighted by Gasteiger charge is -2.03. The summed E-state index contributed by atoms with van der Waals surface area (Å²) in [5.74, 6) is 1.74. The monoisotopic (exact) mass is 179 g/mol. The highest BCUT2D eigenvalue weighted by atomic mass is 16.1. The molecule has 0 saturated heterocycles. The Bertz CT molecular complexity index is 224. The van der Waals surface area contributed by atoms with E-state index in [1.165, 1.54) is 19.3 Å². The molecule has 2 saturated carbocycles. The third-order valence-electron chi connectivity index (χ3n) is 3.22. The van der Waals surface area contributed by atoms with Crippen molar-refractivity contribution >= 4 is 5.91 Å². The van der Waals surface area contributed by atoms with Gasteiger partial charge >= 0.3 is 0 Å². The molecule has 0 aliphatic heterocycles. The van der Waals surface area contributed by atoms with Crippen LogP contribution in [0.3, 0.4) is 0 Å². The second-order valence-corrected chi connectivity index (χ2v) is 4.10. The molecular formula is C11H17NO. The molecule has 0 heterocycles. The largest absolute Gasteiger partial charge is 0.349 e. The minimum absolute atomic E-state index is 0.0984. The fourth-order valence-corrected chi connectivity index (χ4v) is 2.47. The van der Waals surface area contributed by atoms with E-state index >= 15 is 0 Å². The van der Waals surface area contributed by atoms with Crippen LogP contribution >= 0.6 is 0 Å². The number of nitrogens with one attached hydrogen (secondary N) is 1. The predicted octanol–water partition coefficient (Wildman–Crippen LogP) is 1.87. The standard InChI is InChI=1S/C11H17NO/c1-2-3-7-10(13)12-11-8-5-4-6-9(8)11/h3,7-9,11H,2,4-6H2,1H3,(H,12,13)/b7-3+. The van der Waals surface area contributed by atoms with Crippen molar-refractivity contribution in [2.24, 2.45) is 11.8 Å². The highest BCUT2D eigenvalue weighted by Crippen LogP contribution is 2.51. The van der Waals surface area contributed by atoms with Gasteiger partial charge in [0, 0.05) is 6.04 Å². The first-order valence-electron chi connectivity index (χ1n) is 5.30. The van der Waals surface area contributed by atoms with Crippen molar-refractivity contribution in [1.82, 2.24) is 5.32 Å². The van der Waals surface area contributed by atoms with Gasteiger partial charge in [-0.15, -0.1) is 0 Å². The Morgan fingerprint density at radius 1 is 1.46 bits per heavy atom. The van der Waals surface area contributed by atoms with E-state index in [1.54, 1.807) is 6.08 Å². The third-order valence-corrected chi connectivity index (χ3v) is 3.22. The van der Waals surface area contributed by atoms with Gasteiger partial charge in [0.2, 0.25) is 5.91 Å². The molecule has 2 unspecified atom stereocenters. The Kier molecular flexibility index (Phi) is 2.38. The van der Waals surface area contributed by atoms with Crippen LogP contribution in [0.1, 0.15) is 32.6 Å². The van der Waals surface area contributed by atoms with Crippen molar-refractivity contribution in [3.8, 4) is 0 Å². The zero-order valence-electron chi connectivity index (χ0n) is 8.12. The van der Waals surface area contributed by atoms with E-state index < -0.39 is 0 Å². The topological polar surface area (TPSA) is 29.1 Å². The fourth-order valence-electron chi connectivity index (χ4n) is 2.47. The molecule has 2 atom stereocenters. The van der Waals surface area contributed by atoms with Gasteiger partial charge in [0.05, 0.1) is 0 Å². The van der Waals surface area contributed by atoms with E-state index in [2.05, 4.69) is 5.32 Å². The van der Waals surface area contributed by atoms with Gasteiger partial charge in [-0.25, -0.2) is 0 Å². The zero-order chi connectivity index (χ0) is 9.26. The van der Waals surface area contributed by atoms with Crippen molar-refractivity contribution in [2.75, 3.05) is 0 Å². The second kappa shape index (κ2) is 3.52. The summed E-state index contributed by atoms with van der Waals surface area (Å²) in [7, 11) is 0.